The Morgan fingerprint density at radius 3 is 2.22 bits per heavy atom. The fourth-order valence-corrected chi connectivity index (χ4v) is 3.00. The lowest BCUT2D eigenvalue weighted by atomic mass is 10.1. The predicted molar refractivity (Wildman–Crippen MR) is 113 cm³/mol. The van der Waals surface area contributed by atoms with E-state index in [-0.39, 0.29) is 0 Å². The topological polar surface area (TPSA) is 40.1 Å². The molecule has 1 unspecified atom stereocenters. The average Bonchev–Trinajstić information content (AvgIpc) is 2.68. The van der Waals surface area contributed by atoms with Gasteiger partial charge in [-0.2, -0.15) is 0 Å². The van der Waals surface area contributed by atoms with E-state index < -0.39 is 0 Å². The summed E-state index contributed by atoms with van der Waals surface area (Å²) in [6.45, 7) is 1.62. The van der Waals surface area contributed by atoms with Crippen LogP contribution in [0.3, 0.4) is 0 Å². The van der Waals surface area contributed by atoms with Gasteiger partial charge in [0.25, 0.3) is 0 Å². The Balaban J connectivity index is 1.93. The van der Waals surface area contributed by atoms with Crippen molar-refractivity contribution in [3.05, 3.63) is 65.7 Å². The Kier molecular flexibility index (Phi) is 8.14. The number of nitrogens with zero attached hydrogens (tertiary/aromatic N) is 3. The molecule has 5 nitrogen and oxygen atoms in total. The number of methoxy groups -OCH3 is 1. The van der Waals surface area contributed by atoms with Crippen LogP contribution in [0.2, 0.25) is 0 Å². The van der Waals surface area contributed by atoms with Gasteiger partial charge in [-0.25, -0.2) is 0 Å². The maximum absolute atomic E-state index is 5.22. The minimum Gasteiger partial charge on any atom is -0.497 e. The van der Waals surface area contributed by atoms with Crippen molar-refractivity contribution < 1.29 is 4.74 Å². The smallest absolute Gasteiger partial charge is 0.193 e. The minimum absolute atomic E-state index is 0.388. The second kappa shape index (κ2) is 10.6. The monoisotopic (exact) mass is 368 g/mol. The van der Waals surface area contributed by atoms with Gasteiger partial charge in [0.2, 0.25) is 0 Å². The van der Waals surface area contributed by atoms with E-state index in [9.17, 15) is 0 Å². The van der Waals surface area contributed by atoms with Crippen LogP contribution >= 0.6 is 0 Å². The highest BCUT2D eigenvalue weighted by atomic mass is 16.5. The number of benzene rings is 2. The van der Waals surface area contributed by atoms with E-state index in [1.54, 1.807) is 7.11 Å². The summed E-state index contributed by atoms with van der Waals surface area (Å²) in [4.78, 5) is 8.84. The van der Waals surface area contributed by atoms with Crippen LogP contribution in [0.4, 0.5) is 0 Å². The van der Waals surface area contributed by atoms with Crippen molar-refractivity contribution in [2.45, 2.75) is 19.0 Å². The van der Waals surface area contributed by atoms with Crippen LogP contribution in [0.25, 0.3) is 0 Å². The molecule has 0 saturated heterocycles. The second-order valence-corrected chi connectivity index (χ2v) is 6.94. The average molecular weight is 369 g/mol. The van der Waals surface area contributed by atoms with Gasteiger partial charge in [-0.3, -0.25) is 4.99 Å². The first kappa shape index (κ1) is 20.8. The summed E-state index contributed by atoms with van der Waals surface area (Å²) in [5, 5.41) is 3.52. The summed E-state index contributed by atoms with van der Waals surface area (Å²) < 4.78 is 5.22. The van der Waals surface area contributed by atoms with Gasteiger partial charge >= 0.3 is 0 Å². The molecule has 0 spiro atoms. The lowest BCUT2D eigenvalue weighted by molar-refractivity contribution is 0.288. The third-order valence-electron chi connectivity index (χ3n) is 4.69. The van der Waals surface area contributed by atoms with Gasteiger partial charge in [0.05, 0.1) is 7.11 Å². The summed E-state index contributed by atoms with van der Waals surface area (Å²) in [5.74, 6) is 1.77. The van der Waals surface area contributed by atoms with E-state index in [0.29, 0.717) is 6.04 Å². The summed E-state index contributed by atoms with van der Waals surface area (Å²) in [5.41, 5.74) is 2.56. The second-order valence-electron chi connectivity index (χ2n) is 6.94. The third kappa shape index (κ3) is 6.61. The van der Waals surface area contributed by atoms with Crippen molar-refractivity contribution in [1.82, 2.24) is 15.1 Å². The molecular formula is C22H32N4O. The van der Waals surface area contributed by atoms with Crippen LogP contribution in [-0.2, 0) is 13.0 Å². The standard InChI is InChI=1S/C22H32N4O/c1-23-22(26(4)17-19-11-13-21(27-5)14-12-19)24-16-20(25(2)3)15-18-9-7-6-8-10-18/h6-14,20H,15-17H2,1-5H3,(H,23,24). The molecule has 0 aliphatic carbocycles. The summed E-state index contributed by atoms with van der Waals surface area (Å²) >= 11 is 0. The summed E-state index contributed by atoms with van der Waals surface area (Å²) in [7, 11) is 9.82. The van der Waals surface area contributed by atoms with E-state index >= 15 is 0 Å². The molecule has 0 aromatic heterocycles. The quantitative estimate of drug-likeness (QED) is 0.575. The zero-order valence-electron chi connectivity index (χ0n) is 17.1. The number of nitrogens with one attached hydrogen (secondary N) is 1. The predicted octanol–water partition coefficient (Wildman–Crippen LogP) is 2.88. The number of hydrogen-bond donors (Lipinski definition) is 1. The van der Waals surface area contributed by atoms with Gasteiger partial charge in [-0.05, 0) is 43.8 Å². The van der Waals surface area contributed by atoms with Crippen molar-refractivity contribution in [1.29, 1.82) is 0 Å². The van der Waals surface area contributed by atoms with E-state index in [1.165, 1.54) is 11.1 Å². The highest BCUT2D eigenvalue weighted by Gasteiger charge is 2.14. The molecular weight excluding hydrogens is 336 g/mol. The molecule has 0 aliphatic rings. The fourth-order valence-electron chi connectivity index (χ4n) is 3.00. The lowest BCUT2D eigenvalue weighted by Crippen LogP contribution is -2.46. The first-order valence-electron chi connectivity index (χ1n) is 9.28. The zero-order chi connectivity index (χ0) is 19.6. The molecule has 0 amide bonds. The molecule has 2 aromatic carbocycles. The minimum atomic E-state index is 0.388. The van der Waals surface area contributed by atoms with Crippen molar-refractivity contribution in [3.8, 4) is 5.75 Å². The van der Waals surface area contributed by atoms with Crippen LogP contribution in [0, 0.1) is 0 Å². The molecule has 1 N–H and O–H groups in total. The maximum atomic E-state index is 5.22. The molecule has 0 aliphatic heterocycles. The Morgan fingerprint density at radius 1 is 1.00 bits per heavy atom. The van der Waals surface area contributed by atoms with Crippen molar-refractivity contribution in [2.75, 3.05) is 41.8 Å². The molecule has 146 valence electrons. The number of aliphatic imine (C=N–C) groups is 1. The van der Waals surface area contributed by atoms with E-state index in [0.717, 1.165) is 31.2 Å². The van der Waals surface area contributed by atoms with Crippen molar-refractivity contribution in [2.24, 2.45) is 4.99 Å². The Morgan fingerprint density at radius 2 is 1.67 bits per heavy atom. The zero-order valence-corrected chi connectivity index (χ0v) is 17.1. The number of likely N-dealkylation sites (N-methyl/N-ethyl adjacent to an activating group) is 1. The van der Waals surface area contributed by atoms with Gasteiger partial charge in [-0.15, -0.1) is 0 Å². The van der Waals surface area contributed by atoms with E-state index in [4.69, 9.17) is 4.74 Å². The number of guanidine groups is 1. The maximum Gasteiger partial charge on any atom is 0.193 e. The molecule has 5 heteroatoms. The molecule has 0 fully saturated rings. The van der Waals surface area contributed by atoms with Crippen LogP contribution in [-0.4, -0.2) is 63.6 Å². The van der Waals surface area contributed by atoms with Crippen LogP contribution in [0.1, 0.15) is 11.1 Å². The Labute approximate surface area is 163 Å². The molecule has 27 heavy (non-hydrogen) atoms. The highest BCUT2D eigenvalue weighted by molar-refractivity contribution is 5.79. The number of rotatable bonds is 8. The third-order valence-corrected chi connectivity index (χ3v) is 4.69. The first-order chi connectivity index (χ1) is 13.0. The SMILES string of the molecule is CN=C(NCC(Cc1ccccc1)N(C)C)N(C)Cc1ccc(OC)cc1. The lowest BCUT2D eigenvalue weighted by Gasteiger charge is -2.28. The van der Waals surface area contributed by atoms with Crippen LogP contribution in [0.15, 0.2) is 59.6 Å². The number of ether oxygens (including phenoxy) is 1. The van der Waals surface area contributed by atoms with E-state index in [1.807, 2.05) is 19.2 Å². The van der Waals surface area contributed by atoms with Gasteiger partial charge in [0.15, 0.2) is 5.96 Å². The normalized spacial score (nSPS) is 12.7. The highest BCUT2D eigenvalue weighted by Crippen LogP contribution is 2.12. The largest absolute Gasteiger partial charge is 0.497 e. The van der Waals surface area contributed by atoms with E-state index in [2.05, 4.69) is 83.7 Å². The van der Waals surface area contributed by atoms with Crippen LogP contribution < -0.4 is 10.1 Å². The molecule has 2 aromatic rings. The molecule has 1 atom stereocenters. The van der Waals surface area contributed by atoms with Gasteiger partial charge < -0.3 is 19.9 Å². The fraction of sp³-hybridized carbons (Fsp3) is 0.409. The molecule has 0 bridgehead atoms. The van der Waals surface area contributed by atoms with Gasteiger partial charge in [0, 0.05) is 33.2 Å². The van der Waals surface area contributed by atoms with Gasteiger partial charge in [-0.1, -0.05) is 42.5 Å². The Hall–Kier alpha value is -2.53. The van der Waals surface area contributed by atoms with Crippen molar-refractivity contribution in [3.63, 3.8) is 0 Å². The summed E-state index contributed by atoms with van der Waals surface area (Å²) in [6.07, 6.45) is 1.00. The molecule has 0 radical (unpaired) electrons. The Bertz CT molecular complexity index is 698. The van der Waals surface area contributed by atoms with Gasteiger partial charge in [0.1, 0.15) is 5.75 Å². The molecule has 0 saturated carbocycles. The molecule has 0 heterocycles. The molecule has 2 rings (SSSR count). The van der Waals surface area contributed by atoms with Crippen LogP contribution in [0.5, 0.6) is 5.75 Å². The van der Waals surface area contributed by atoms with Crippen molar-refractivity contribution >= 4 is 5.96 Å². The first-order valence-corrected chi connectivity index (χ1v) is 9.28. The summed E-state index contributed by atoms with van der Waals surface area (Å²) in [6, 6.07) is 19.1. The number of hydrogen-bond acceptors (Lipinski definition) is 3.